The fourth-order valence-electron chi connectivity index (χ4n) is 4.46. The first-order valence-electron chi connectivity index (χ1n) is 11.4. The topological polar surface area (TPSA) is 78.0 Å². The molecule has 5 rings (SSSR count). The second kappa shape index (κ2) is 8.94. The highest BCUT2D eigenvalue weighted by atomic mass is 32.1. The second-order valence-electron chi connectivity index (χ2n) is 9.02. The number of nitrogens with zero attached hydrogens (tertiary/aromatic N) is 2. The molecule has 2 heterocycles. The Labute approximate surface area is 209 Å². The van der Waals surface area contributed by atoms with E-state index in [9.17, 15) is 9.90 Å². The van der Waals surface area contributed by atoms with Gasteiger partial charge in [-0.2, -0.15) is 12.6 Å². The number of fused-ring (bicyclic) bond motifs is 4. The maximum atomic E-state index is 12.6. The van der Waals surface area contributed by atoms with E-state index in [1.54, 1.807) is 12.1 Å². The quantitative estimate of drug-likeness (QED) is 0.232. The smallest absolute Gasteiger partial charge is 0.251 e. The lowest BCUT2D eigenvalue weighted by Crippen LogP contribution is -2.25. The number of anilines is 1. The van der Waals surface area contributed by atoms with Crippen LogP contribution in [0.25, 0.3) is 33.4 Å². The maximum absolute atomic E-state index is 12.6. The van der Waals surface area contributed by atoms with Gasteiger partial charge in [-0.1, -0.05) is 6.07 Å². The molecule has 2 aliphatic heterocycles. The number of amides is 1. The lowest BCUT2D eigenvalue weighted by Gasteiger charge is -2.19. The first-order chi connectivity index (χ1) is 16.8. The summed E-state index contributed by atoms with van der Waals surface area (Å²) >= 11 is 4.16. The van der Waals surface area contributed by atoms with Crippen molar-refractivity contribution in [2.24, 2.45) is 0 Å². The highest BCUT2D eigenvalue weighted by Crippen LogP contribution is 2.49. The van der Waals surface area contributed by atoms with Crippen LogP contribution in [-0.2, 0) is 0 Å². The first-order valence-corrected chi connectivity index (χ1v) is 12.0. The molecule has 180 valence electrons. The van der Waals surface area contributed by atoms with Gasteiger partial charge in [0.25, 0.3) is 5.91 Å². The summed E-state index contributed by atoms with van der Waals surface area (Å²) in [6.07, 6.45) is -1.26. The zero-order valence-electron chi connectivity index (χ0n) is 20.1. The molecule has 0 radical (unpaired) electrons. The number of ether oxygens (including phenoxy) is 1. The molecule has 1 unspecified atom stereocenters. The molecule has 0 saturated heterocycles. The standard InChI is InChI=1S/C27H27N3O4S/c1-29(2)16-6-8-19-21(12-16)33-22-13-17(30(3)4)14-23-25(22)24(19)18-7-5-15(26(31)28-9-10-35)11-20(18)27(32)34-23/h5-8,11-14,27,32H,9-10H2,1-4H3,(H-,28,31,35)/p+1. The Morgan fingerprint density at radius 2 is 1.89 bits per heavy atom. The van der Waals surface area contributed by atoms with Gasteiger partial charge in [0.05, 0.1) is 11.5 Å². The molecule has 8 heteroatoms. The molecule has 1 aliphatic carbocycles. The number of carbonyl (C=O) groups is 1. The van der Waals surface area contributed by atoms with E-state index in [-0.39, 0.29) is 5.91 Å². The molecule has 2 aromatic carbocycles. The molecular formula is C27H28N3O4S+. The van der Waals surface area contributed by atoms with Crippen molar-refractivity contribution in [3.63, 3.8) is 0 Å². The summed E-state index contributed by atoms with van der Waals surface area (Å²) in [4.78, 5) is 14.6. The van der Waals surface area contributed by atoms with Crippen LogP contribution >= 0.6 is 12.6 Å². The zero-order valence-corrected chi connectivity index (χ0v) is 21.0. The third-order valence-electron chi connectivity index (χ3n) is 6.27. The van der Waals surface area contributed by atoms with Gasteiger partial charge in [-0.3, -0.25) is 4.79 Å². The van der Waals surface area contributed by atoms with Gasteiger partial charge in [-0.15, -0.1) is 0 Å². The number of hydrogen-bond acceptors (Lipinski definition) is 6. The highest BCUT2D eigenvalue weighted by Gasteiger charge is 2.30. The monoisotopic (exact) mass is 490 g/mol. The lowest BCUT2D eigenvalue weighted by molar-refractivity contribution is -0.0172. The van der Waals surface area contributed by atoms with E-state index in [1.807, 2.05) is 74.1 Å². The Morgan fingerprint density at radius 3 is 2.60 bits per heavy atom. The number of rotatable bonds is 4. The van der Waals surface area contributed by atoms with E-state index in [1.165, 1.54) is 0 Å². The average Bonchev–Trinajstić information content (AvgIpc) is 2.96. The number of carbonyl (C=O) groups excluding carboxylic acids is 1. The minimum Gasteiger partial charge on any atom is -0.460 e. The number of aliphatic hydroxyl groups is 1. The number of thiol groups is 1. The first kappa shape index (κ1) is 23.3. The van der Waals surface area contributed by atoms with Crippen molar-refractivity contribution in [1.82, 2.24) is 9.89 Å². The van der Waals surface area contributed by atoms with Gasteiger partial charge in [-0.25, -0.2) is 4.58 Å². The van der Waals surface area contributed by atoms with Crippen molar-refractivity contribution in [2.45, 2.75) is 6.29 Å². The molecule has 0 fully saturated rings. The summed E-state index contributed by atoms with van der Waals surface area (Å²) in [5, 5.41) is 15.8. The number of aliphatic hydroxyl groups excluding tert-OH is 1. The van der Waals surface area contributed by atoms with Crippen LogP contribution in [0, 0.1) is 0 Å². The molecular weight excluding hydrogens is 462 g/mol. The van der Waals surface area contributed by atoms with E-state index >= 15 is 0 Å². The predicted octanol–water partition coefficient (Wildman–Crippen LogP) is 3.35. The predicted molar refractivity (Wildman–Crippen MR) is 141 cm³/mol. The van der Waals surface area contributed by atoms with Gasteiger partial charge < -0.3 is 24.5 Å². The van der Waals surface area contributed by atoms with Gasteiger partial charge in [0.2, 0.25) is 11.6 Å². The number of nitrogens with one attached hydrogen (secondary N) is 1. The minimum absolute atomic E-state index is 0.223. The molecule has 1 amide bonds. The molecule has 0 bridgehead atoms. The molecule has 7 nitrogen and oxygen atoms in total. The highest BCUT2D eigenvalue weighted by molar-refractivity contribution is 7.80. The third kappa shape index (κ3) is 4.02. The largest absolute Gasteiger partial charge is 0.460 e. The van der Waals surface area contributed by atoms with Crippen molar-refractivity contribution in [3.8, 4) is 28.2 Å². The average molecular weight is 491 g/mol. The van der Waals surface area contributed by atoms with Gasteiger partial charge >= 0.3 is 0 Å². The number of hydrogen-bond donors (Lipinski definition) is 3. The van der Waals surface area contributed by atoms with Crippen molar-refractivity contribution < 1.29 is 19.1 Å². The van der Waals surface area contributed by atoms with Gasteiger partial charge in [0, 0.05) is 72.5 Å². The Morgan fingerprint density at radius 1 is 1.11 bits per heavy atom. The van der Waals surface area contributed by atoms with Crippen LogP contribution in [0.1, 0.15) is 22.2 Å². The van der Waals surface area contributed by atoms with E-state index in [2.05, 4.69) is 17.9 Å². The molecule has 0 aromatic heterocycles. The van der Waals surface area contributed by atoms with Crippen molar-refractivity contribution in [2.75, 3.05) is 45.4 Å². The van der Waals surface area contributed by atoms with Gasteiger partial charge in [0.15, 0.2) is 0 Å². The Hall–Kier alpha value is -3.49. The van der Waals surface area contributed by atoms with Gasteiger partial charge in [0.1, 0.15) is 31.2 Å². The SMILES string of the molecule is CN(C)c1cc2c3c(c4ccc(=[N+](C)C)cc-4oc3c1)-c1ccc(C(=O)NCCS)cc1C(O)O2. The minimum atomic E-state index is -1.26. The molecule has 2 aromatic rings. The summed E-state index contributed by atoms with van der Waals surface area (Å²) in [7, 11) is 7.86. The fraction of sp³-hybridized carbons (Fsp3) is 0.259. The Balaban J connectivity index is 1.85. The van der Waals surface area contributed by atoms with Gasteiger partial charge in [-0.05, 0) is 23.8 Å². The third-order valence-corrected chi connectivity index (χ3v) is 6.50. The van der Waals surface area contributed by atoms with Crippen molar-refractivity contribution >= 4 is 35.2 Å². The summed E-state index contributed by atoms with van der Waals surface area (Å²) in [6.45, 7) is 0.455. The van der Waals surface area contributed by atoms with E-state index in [4.69, 9.17) is 9.15 Å². The molecule has 0 spiro atoms. The van der Waals surface area contributed by atoms with Crippen LogP contribution in [0.2, 0.25) is 0 Å². The van der Waals surface area contributed by atoms with E-state index in [0.29, 0.717) is 34.8 Å². The van der Waals surface area contributed by atoms with Crippen molar-refractivity contribution in [3.05, 3.63) is 65.0 Å². The van der Waals surface area contributed by atoms with Crippen molar-refractivity contribution in [1.29, 1.82) is 0 Å². The van der Waals surface area contributed by atoms with Crippen LogP contribution in [0.4, 0.5) is 5.69 Å². The molecule has 2 N–H and O–H groups in total. The number of benzene rings is 3. The maximum Gasteiger partial charge on any atom is 0.251 e. The molecule has 1 atom stereocenters. The van der Waals surface area contributed by atoms with Crippen LogP contribution in [0.5, 0.6) is 5.75 Å². The fourth-order valence-corrected chi connectivity index (χ4v) is 4.57. The summed E-state index contributed by atoms with van der Waals surface area (Å²) in [5.41, 5.74) is 5.10. The van der Waals surface area contributed by atoms with Crippen LogP contribution < -0.4 is 24.9 Å². The molecule has 3 aliphatic rings. The summed E-state index contributed by atoms with van der Waals surface area (Å²) < 4.78 is 14.5. The lowest BCUT2D eigenvalue weighted by atomic mass is 9.90. The van der Waals surface area contributed by atoms with E-state index in [0.717, 1.165) is 38.9 Å². The Kier molecular flexibility index (Phi) is 5.94. The zero-order chi connectivity index (χ0) is 24.9. The normalized spacial score (nSPS) is 14.3. The molecule has 35 heavy (non-hydrogen) atoms. The van der Waals surface area contributed by atoms with Crippen LogP contribution in [0.3, 0.4) is 0 Å². The van der Waals surface area contributed by atoms with Crippen LogP contribution in [0.15, 0.2) is 52.9 Å². The Bertz CT molecular complexity index is 1500. The van der Waals surface area contributed by atoms with Crippen LogP contribution in [-0.4, -0.2) is 51.5 Å². The van der Waals surface area contributed by atoms with E-state index < -0.39 is 6.29 Å². The molecule has 0 saturated carbocycles. The second-order valence-corrected chi connectivity index (χ2v) is 9.46. The summed E-state index contributed by atoms with van der Waals surface area (Å²) in [5.74, 6) is 1.56. The summed E-state index contributed by atoms with van der Waals surface area (Å²) in [6, 6.07) is 15.3.